The molecule has 0 heterocycles. The van der Waals surface area contributed by atoms with Crippen LogP contribution in [0, 0.1) is 11.8 Å². The van der Waals surface area contributed by atoms with E-state index in [-0.39, 0.29) is 17.6 Å². The zero-order valence-electron chi connectivity index (χ0n) is 16.5. The summed E-state index contributed by atoms with van der Waals surface area (Å²) in [5.41, 5.74) is 5.81. The Morgan fingerprint density at radius 1 is 0.926 bits per heavy atom. The number of hydrogen-bond acceptors (Lipinski definition) is 6. The van der Waals surface area contributed by atoms with E-state index in [1.54, 1.807) is 13.8 Å². The summed E-state index contributed by atoms with van der Waals surface area (Å²) in [5, 5.41) is 16.3. The van der Waals surface area contributed by atoms with Gasteiger partial charge < -0.3 is 26.8 Å². The lowest BCUT2D eigenvalue weighted by molar-refractivity contribution is -0.142. The van der Waals surface area contributed by atoms with E-state index in [9.17, 15) is 19.2 Å². The van der Waals surface area contributed by atoms with Crippen LogP contribution in [0.25, 0.3) is 0 Å². The van der Waals surface area contributed by atoms with Crippen molar-refractivity contribution in [2.45, 2.75) is 65.2 Å². The molecule has 10 heteroatoms. The van der Waals surface area contributed by atoms with E-state index in [1.165, 1.54) is 6.92 Å². The second-order valence-corrected chi connectivity index (χ2v) is 7.64. The van der Waals surface area contributed by atoms with E-state index < -0.39 is 47.9 Å². The number of hydrogen-bond donors (Lipinski definition) is 6. The Morgan fingerprint density at radius 2 is 1.48 bits per heavy atom. The van der Waals surface area contributed by atoms with Crippen LogP contribution in [-0.2, 0) is 19.2 Å². The minimum Gasteiger partial charge on any atom is -0.480 e. The molecule has 0 aromatic heterocycles. The quantitative estimate of drug-likeness (QED) is 0.256. The first-order valence-corrected chi connectivity index (χ1v) is 9.54. The van der Waals surface area contributed by atoms with Gasteiger partial charge in [0.05, 0.1) is 6.04 Å². The number of carboxylic acid groups (broad SMARTS) is 1. The highest BCUT2D eigenvalue weighted by Crippen LogP contribution is 2.05. The first-order chi connectivity index (χ1) is 12.4. The molecule has 0 fully saturated rings. The predicted molar refractivity (Wildman–Crippen MR) is 105 cm³/mol. The Kier molecular flexibility index (Phi) is 11.0. The molecule has 9 nitrogen and oxygen atoms in total. The van der Waals surface area contributed by atoms with Crippen LogP contribution in [0.3, 0.4) is 0 Å². The summed E-state index contributed by atoms with van der Waals surface area (Å²) in [6.07, 6.45) is 0.469. The number of carbonyl (C=O) groups is 4. The van der Waals surface area contributed by atoms with E-state index in [2.05, 4.69) is 28.6 Å². The van der Waals surface area contributed by atoms with Gasteiger partial charge in [0.1, 0.15) is 18.1 Å². The smallest absolute Gasteiger partial charge is 0.325 e. The molecule has 0 aliphatic rings. The summed E-state index contributed by atoms with van der Waals surface area (Å²) < 4.78 is 0. The molecule has 156 valence electrons. The van der Waals surface area contributed by atoms with Gasteiger partial charge in [-0.15, -0.1) is 0 Å². The number of aliphatic carboxylic acids is 1. The maximum Gasteiger partial charge on any atom is 0.325 e. The topological polar surface area (TPSA) is 151 Å². The van der Waals surface area contributed by atoms with Gasteiger partial charge in [0.15, 0.2) is 0 Å². The van der Waals surface area contributed by atoms with Gasteiger partial charge in [-0.1, -0.05) is 27.7 Å². The molecule has 0 aliphatic heterocycles. The van der Waals surface area contributed by atoms with Crippen molar-refractivity contribution >= 4 is 36.3 Å². The largest absolute Gasteiger partial charge is 0.480 e. The summed E-state index contributed by atoms with van der Waals surface area (Å²) in [6, 6.07) is -3.77. The number of nitrogens with two attached hydrogens (primary N) is 1. The SMILES string of the molecule is CC(C)CC(N)C(=O)NC(CS)C(=O)NC(C(=O)NC(C)C(=O)O)C(C)C. The van der Waals surface area contributed by atoms with Gasteiger partial charge in [0.2, 0.25) is 17.7 Å². The van der Waals surface area contributed by atoms with Crippen LogP contribution in [0.1, 0.15) is 41.0 Å². The summed E-state index contributed by atoms with van der Waals surface area (Å²) in [6.45, 7) is 8.61. The number of thiol groups is 1. The van der Waals surface area contributed by atoms with Gasteiger partial charge in [0.25, 0.3) is 0 Å². The van der Waals surface area contributed by atoms with Crippen molar-refractivity contribution in [2.75, 3.05) is 5.75 Å². The third-order valence-electron chi connectivity index (χ3n) is 3.85. The second-order valence-electron chi connectivity index (χ2n) is 7.28. The van der Waals surface area contributed by atoms with Crippen molar-refractivity contribution in [3.05, 3.63) is 0 Å². The minimum atomic E-state index is -1.18. The van der Waals surface area contributed by atoms with Crippen LogP contribution in [0.15, 0.2) is 0 Å². The van der Waals surface area contributed by atoms with Crippen molar-refractivity contribution in [3.63, 3.8) is 0 Å². The number of carbonyl (C=O) groups excluding carboxylic acids is 3. The molecule has 27 heavy (non-hydrogen) atoms. The summed E-state index contributed by atoms with van der Waals surface area (Å²) in [4.78, 5) is 47.8. The molecule has 0 saturated carbocycles. The highest BCUT2D eigenvalue weighted by molar-refractivity contribution is 7.80. The fourth-order valence-electron chi connectivity index (χ4n) is 2.24. The molecule has 3 amide bonds. The van der Waals surface area contributed by atoms with E-state index in [1.807, 2.05) is 13.8 Å². The van der Waals surface area contributed by atoms with Gasteiger partial charge in [-0.3, -0.25) is 19.2 Å². The van der Waals surface area contributed by atoms with Crippen LogP contribution in [-0.4, -0.2) is 58.7 Å². The number of carboxylic acids is 1. The Morgan fingerprint density at radius 3 is 1.89 bits per heavy atom. The molecular weight excluding hydrogens is 372 g/mol. The third-order valence-corrected chi connectivity index (χ3v) is 4.22. The molecule has 0 bridgehead atoms. The van der Waals surface area contributed by atoms with E-state index in [4.69, 9.17) is 10.8 Å². The molecule has 0 aromatic rings. The normalized spacial score (nSPS) is 15.6. The fourth-order valence-corrected chi connectivity index (χ4v) is 2.50. The van der Waals surface area contributed by atoms with Crippen LogP contribution in [0.5, 0.6) is 0 Å². The lowest BCUT2D eigenvalue weighted by Gasteiger charge is -2.26. The Balaban J connectivity index is 5.00. The van der Waals surface area contributed by atoms with Crippen molar-refractivity contribution < 1.29 is 24.3 Å². The second kappa shape index (κ2) is 11.8. The molecule has 0 rings (SSSR count). The number of rotatable bonds is 11. The molecule has 0 radical (unpaired) electrons. The van der Waals surface area contributed by atoms with Gasteiger partial charge in [-0.25, -0.2) is 0 Å². The molecule has 0 saturated heterocycles. The minimum absolute atomic E-state index is 0.0178. The van der Waals surface area contributed by atoms with Crippen LogP contribution < -0.4 is 21.7 Å². The van der Waals surface area contributed by atoms with Gasteiger partial charge in [0, 0.05) is 5.75 Å². The highest BCUT2D eigenvalue weighted by atomic mass is 32.1. The first-order valence-electron chi connectivity index (χ1n) is 8.91. The van der Waals surface area contributed by atoms with Crippen LogP contribution in [0.4, 0.5) is 0 Å². The van der Waals surface area contributed by atoms with Crippen molar-refractivity contribution in [1.29, 1.82) is 0 Å². The Bertz CT molecular complexity index is 541. The van der Waals surface area contributed by atoms with Crippen molar-refractivity contribution in [1.82, 2.24) is 16.0 Å². The molecule has 6 N–H and O–H groups in total. The molecule has 0 spiro atoms. The molecule has 4 atom stereocenters. The maximum absolute atomic E-state index is 12.5. The third kappa shape index (κ3) is 9.09. The average molecular weight is 405 g/mol. The Hall–Kier alpha value is -1.81. The fraction of sp³-hybridized carbons (Fsp3) is 0.765. The standard InChI is InChI=1S/C17H32N4O5S/c1-8(2)6-11(18)14(22)20-12(7-27)15(23)21-13(9(3)4)16(24)19-10(5)17(25)26/h8-13,27H,6-7,18H2,1-5H3,(H,19,24)(H,20,22)(H,21,23)(H,25,26). The van der Waals surface area contributed by atoms with E-state index >= 15 is 0 Å². The lowest BCUT2D eigenvalue weighted by atomic mass is 10.0. The molecule has 0 aromatic carbocycles. The van der Waals surface area contributed by atoms with Gasteiger partial charge >= 0.3 is 5.97 Å². The van der Waals surface area contributed by atoms with Gasteiger partial charge in [-0.05, 0) is 25.2 Å². The van der Waals surface area contributed by atoms with Crippen LogP contribution >= 0.6 is 12.6 Å². The molecule has 0 aliphatic carbocycles. The van der Waals surface area contributed by atoms with Crippen LogP contribution in [0.2, 0.25) is 0 Å². The Labute approximate surface area is 165 Å². The first kappa shape index (κ1) is 25.2. The average Bonchev–Trinajstić information content (AvgIpc) is 2.55. The molecular formula is C17H32N4O5S. The lowest BCUT2D eigenvalue weighted by Crippen LogP contribution is -2.58. The zero-order valence-corrected chi connectivity index (χ0v) is 17.4. The number of amides is 3. The molecule has 4 unspecified atom stereocenters. The van der Waals surface area contributed by atoms with E-state index in [0.717, 1.165) is 0 Å². The number of nitrogens with one attached hydrogen (secondary N) is 3. The summed E-state index contributed by atoms with van der Waals surface area (Å²) in [5.74, 6) is -2.92. The van der Waals surface area contributed by atoms with Crippen molar-refractivity contribution in [3.8, 4) is 0 Å². The predicted octanol–water partition coefficient (Wildman–Crippen LogP) is -0.495. The van der Waals surface area contributed by atoms with E-state index in [0.29, 0.717) is 6.42 Å². The van der Waals surface area contributed by atoms with Crippen molar-refractivity contribution in [2.24, 2.45) is 17.6 Å². The zero-order chi connectivity index (χ0) is 21.3. The maximum atomic E-state index is 12.5. The highest BCUT2D eigenvalue weighted by Gasteiger charge is 2.30. The summed E-state index contributed by atoms with van der Waals surface area (Å²) in [7, 11) is 0. The monoisotopic (exact) mass is 404 g/mol. The van der Waals surface area contributed by atoms with Gasteiger partial charge in [-0.2, -0.15) is 12.6 Å². The summed E-state index contributed by atoms with van der Waals surface area (Å²) >= 11 is 4.08.